The summed E-state index contributed by atoms with van der Waals surface area (Å²) in [5, 5.41) is 3.51. The first-order valence-corrected chi connectivity index (χ1v) is 10.3. The Morgan fingerprint density at radius 1 is 0.900 bits per heavy atom. The summed E-state index contributed by atoms with van der Waals surface area (Å²) in [7, 11) is 0. The number of benzene rings is 3. The van der Waals surface area contributed by atoms with E-state index >= 15 is 0 Å². The first-order chi connectivity index (χ1) is 14.6. The van der Waals surface area contributed by atoms with Gasteiger partial charge in [-0.05, 0) is 48.4 Å². The third kappa shape index (κ3) is 4.47. The standard InChI is InChI=1S/C24H22ClN3O2/c25-20-13-11-19(12-14-20)23(29)26-21-9-4-5-10-22(21)28-16-6-15-27(24(28)30)17-18-7-2-1-3-8-18/h1-5,7-14H,6,15-17H2,(H,26,29). The van der Waals surface area contributed by atoms with E-state index in [1.807, 2.05) is 59.5 Å². The predicted molar refractivity (Wildman–Crippen MR) is 120 cm³/mol. The van der Waals surface area contributed by atoms with Crippen molar-refractivity contribution >= 4 is 34.9 Å². The highest BCUT2D eigenvalue weighted by atomic mass is 35.5. The molecule has 3 aromatic rings. The Labute approximate surface area is 180 Å². The van der Waals surface area contributed by atoms with Crippen molar-refractivity contribution in [1.82, 2.24) is 4.90 Å². The number of nitrogens with zero attached hydrogens (tertiary/aromatic N) is 2. The van der Waals surface area contributed by atoms with E-state index < -0.39 is 0 Å². The number of hydrogen-bond acceptors (Lipinski definition) is 2. The fourth-order valence-corrected chi connectivity index (χ4v) is 3.69. The van der Waals surface area contributed by atoms with Crippen molar-refractivity contribution in [3.63, 3.8) is 0 Å². The summed E-state index contributed by atoms with van der Waals surface area (Å²) in [5.74, 6) is -0.246. The number of amides is 3. The molecule has 6 heteroatoms. The highest BCUT2D eigenvalue weighted by molar-refractivity contribution is 6.30. The van der Waals surface area contributed by atoms with Gasteiger partial charge in [0.15, 0.2) is 0 Å². The van der Waals surface area contributed by atoms with Gasteiger partial charge in [-0.3, -0.25) is 9.69 Å². The van der Waals surface area contributed by atoms with E-state index in [2.05, 4.69) is 5.32 Å². The van der Waals surface area contributed by atoms with Gasteiger partial charge in [0.2, 0.25) is 0 Å². The molecule has 3 aromatic carbocycles. The van der Waals surface area contributed by atoms with Crippen LogP contribution in [0.4, 0.5) is 16.2 Å². The van der Waals surface area contributed by atoms with Crippen molar-refractivity contribution in [3.8, 4) is 0 Å². The normalized spacial score (nSPS) is 14.0. The van der Waals surface area contributed by atoms with Gasteiger partial charge in [0.25, 0.3) is 5.91 Å². The molecule has 1 heterocycles. The molecule has 1 fully saturated rings. The Hall–Kier alpha value is -3.31. The Balaban J connectivity index is 1.54. The van der Waals surface area contributed by atoms with E-state index in [0.717, 1.165) is 12.0 Å². The molecule has 0 atom stereocenters. The van der Waals surface area contributed by atoms with Crippen LogP contribution in [-0.4, -0.2) is 29.9 Å². The lowest BCUT2D eigenvalue weighted by molar-refractivity contribution is 0.102. The van der Waals surface area contributed by atoms with Crippen LogP contribution < -0.4 is 10.2 Å². The van der Waals surface area contributed by atoms with Gasteiger partial charge in [0, 0.05) is 30.2 Å². The van der Waals surface area contributed by atoms with Crippen LogP contribution in [0.15, 0.2) is 78.9 Å². The van der Waals surface area contributed by atoms with E-state index in [-0.39, 0.29) is 11.9 Å². The fourth-order valence-electron chi connectivity index (χ4n) is 3.57. The lowest BCUT2D eigenvalue weighted by atomic mass is 10.1. The highest BCUT2D eigenvalue weighted by Crippen LogP contribution is 2.29. The molecular formula is C24H22ClN3O2. The van der Waals surface area contributed by atoms with Gasteiger partial charge in [-0.15, -0.1) is 0 Å². The first-order valence-electron chi connectivity index (χ1n) is 9.88. The Bertz CT molecular complexity index is 1040. The lowest BCUT2D eigenvalue weighted by Crippen LogP contribution is -2.49. The van der Waals surface area contributed by atoms with Crippen LogP contribution in [0.3, 0.4) is 0 Å². The summed E-state index contributed by atoms with van der Waals surface area (Å²) in [6.45, 7) is 1.89. The summed E-state index contributed by atoms with van der Waals surface area (Å²) in [5.41, 5.74) is 2.90. The molecule has 0 aromatic heterocycles. The average Bonchev–Trinajstić information content (AvgIpc) is 2.77. The van der Waals surface area contributed by atoms with Crippen molar-refractivity contribution < 1.29 is 9.59 Å². The van der Waals surface area contributed by atoms with Crippen LogP contribution in [-0.2, 0) is 6.54 Å². The second kappa shape index (κ2) is 9.01. The quantitative estimate of drug-likeness (QED) is 0.599. The van der Waals surface area contributed by atoms with E-state index in [1.165, 1.54) is 0 Å². The summed E-state index contributed by atoms with van der Waals surface area (Å²) < 4.78 is 0. The van der Waals surface area contributed by atoms with Crippen molar-refractivity contribution in [1.29, 1.82) is 0 Å². The molecule has 30 heavy (non-hydrogen) atoms. The Morgan fingerprint density at radius 3 is 2.37 bits per heavy atom. The number of para-hydroxylation sites is 2. The van der Waals surface area contributed by atoms with Gasteiger partial charge in [-0.25, -0.2) is 4.79 Å². The molecule has 1 N–H and O–H groups in total. The lowest BCUT2D eigenvalue weighted by Gasteiger charge is -2.36. The van der Waals surface area contributed by atoms with Crippen LogP contribution in [0.1, 0.15) is 22.3 Å². The van der Waals surface area contributed by atoms with E-state index in [1.54, 1.807) is 29.2 Å². The number of carbonyl (C=O) groups is 2. The fraction of sp³-hybridized carbons (Fsp3) is 0.167. The third-order valence-corrected chi connectivity index (χ3v) is 5.33. The molecule has 3 amide bonds. The topological polar surface area (TPSA) is 52.7 Å². The third-order valence-electron chi connectivity index (χ3n) is 5.08. The maximum absolute atomic E-state index is 13.2. The Morgan fingerprint density at radius 2 is 1.60 bits per heavy atom. The van der Waals surface area contributed by atoms with Crippen LogP contribution in [0.2, 0.25) is 5.02 Å². The van der Waals surface area contributed by atoms with E-state index in [4.69, 9.17) is 11.6 Å². The van der Waals surface area contributed by atoms with Crippen molar-refractivity contribution in [2.24, 2.45) is 0 Å². The SMILES string of the molecule is O=C(Nc1ccccc1N1CCCN(Cc2ccccc2)C1=O)c1ccc(Cl)cc1. The number of hydrogen-bond donors (Lipinski definition) is 1. The second-order valence-corrected chi connectivity index (χ2v) is 7.61. The van der Waals surface area contributed by atoms with Crippen LogP contribution in [0, 0.1) is 0 Å². The average molecular weight is 420 g/mol. The van der Waals surface area contributed by atoms with Gasteiger partial charge in [0.05, 0.1) is 11.4 Å². The molecule has 0 bridgehead atoms. The van der Waals surface area contributed by atoms with Crippen molar-refractivity contribution in [2.75, 3.05) is 23.3 Å². The molecule has 152 valence electrons. The monoisotopic (exact) mass is 419 g/mol. The van der Waals surface area contributed by atoms with Crippen LogP contribution in [0.5, 0.6) is 0 Å². The summed E-state index contributed by atoms with van der Waals surface area (Å²) in [6.07, 6.45) is 0.859. The predicted octanol–water partition coefficient (Wildman–Crippen LogP) is 5.42. The second-order valence-electron chi connectivity index (χ2n) is 7.17. The van der Waals surface area contributed by atoms with Gasteiger partial charge >= 0.3 is 6.03 Å². The molecule has 4 rings (SSSR count). The molecule has 0 radical (unpaired) electrons. The maximum Gasteiger partial charge on any atom is 0.324 e. The summed E-state index contributed by atoms with van der Waals surface area (Å²) in [6, 6.07) is 24.0. The molecule has 0 saturated carbocycles. The number of carbonyl (C=O) groups excluding carboxylic acids is 2. The minimum absolute atomic E-state index is 0.0571. The smallest absolute Gasteiger partial charge is 0.320 e. The Kier molecular flexibility index (Phi) is 6.00. The minimum Gasteiger partial charge on any atom is -0.320 e. The zero-order valence-corrected chi connectivity index (χ0v) is 17.2. The molecule has 0 unspecified atom stereocenters. The first kappa shape index (κ1) is 20.0. The zero-order chi connectivity index (χ0) is 20.9. The summed E-state index contributed by atoms with van der Waals surface area (Å²) >= 11 is 5.91. The van der Waals surface area contributed by atoms with Gasteiger partial charge in [-0.2, -0.15) is 0 Å². The molecule has 1 aliphatic rings. The van der Waals surface area contributed by atoms with Crippen molar-refractivity contribution in [2.45, 2.75) is 13.0 Å². The van der Waals surface area contributed by atoms with Crippen LogP contribution in [0.25, 0.3) is 0 Å². The number of urea groups is 1. The van der Waals surface area contributed by atoms with Crippen molar-refractivity contribution in [3.05, 3.63) is 95.0 Å². The van der Waals surface area contributed by atoms with E-state index in [0.29, 0.717) is 41.6 Å². The maximum atomic E-state index is 13.2. The molecule has 0 aliphatic carbocycles. The number of anilines is 2. The van der Waals surface area contributed by atoms with Gasteiger partial charge in [0.1, 0.15) is 0 Å². The number of halogens is 1. The highest BCUT2D eigenvalue weighted by Gasteiger charge is 2.28. The molecular weight excluding hydrogens is 398 g/mol. The van der Waals surface area contributed by atoms with Crippen LogP contribution >= 0.6 is 11.6 Å². The van der Waals surface area contributed by atoms with Gasteiger partial charge < -0.3 is 10.2 Å². The van der Waals surface area contributed by atoms with E-state index in [9.17, 15) is 9.59 Å². The molecule has 1 aliphatic heterocycles. The summed E-state index contributed by atoms with van der Waals surface area (Å²) in [4.78, 5) is 29.5. The molecule has 5 nitrogen and oxygen atoms in total. The number of rotatable bonds is 5. The minimum atomic E-state index is -0.246. The number of nitrogens with one attached hydrogen (secondary N) is 1. The molecule has 1 saturated heterocycles. The largest absolute Gasteiger partial charge is 0.324 e. The zero-order valence-electron chi connectivity index (χ0n) is 16.4. The van der Waals surface area contributed by atoms with Gasteiger partial charge in [-0.1, -0.05) is 54.1 Å². The molecule has 0 spiro atoms.